The van der Waals surface area contributed by atoms with Gasteiger partial charge in [0.1, 0.15) is 0 Å². The standard InChI is InChI=1S/C16H32O2S/c1-3-4-5-6-7-8-9-10-11-12-13-18-16(17)14-15(2)19/h15,19H,3-14H2,1-2H3. The monoisotopic (exact) mass is 288 g/mol. The van der Waals surface area contributed by atoms with Crippen molar-refractivity contribution < 1.29 is 9.53 Å². The van der Waals surface area contributed by atoms with Gasteiger partial charge in [0.25, 0.3) is 0 Å². The second-order valence-corrected chi connectivity index (χ2v) is 6.34. The molecule has 0 spiro atoms. The van der Waals surface area contributed by atoms with E-state index in [1.165, 1.54) is 57.8 Å². The molecular formula is C16H32O2S. The SMILES string of the molecule is CCCCCCCCCCCCOC(=O)CC(C)S. The number of ether oxygens (including phenoxy) is 1. The molecule has 0 aliphatic rings. The Balaban J connectivity index is 3.08. The van der Waals surface area contributed by atoms with Gasteiger partial charge in [-0.05, 0) is 6.42 Å². The fraction of sp³-hybridized carbons (Fsp3) is 0.938. The van der Waals surface area contributed by atoms with E-state index >= 15 is 0 Å². The van der Waals surface area contributed by atoms with Crippen LogP contribution in [0.2, 0.25) is 0 Å². The Hall–Kier alpha value is -0.180. The Morgan fingerprint density at radius 2 is 1.42 bits per heavy atom. The molecule has 0 heterocycles. The first-order valence-corrected chi connectivity index (χ1v) is 8.52. The highest BCUT2D eigenvalue weighted by molar-refractivity contribution is 7.80. The van der Waals surface area contributed by atoms with Crippen molar-refractivity contribution in [1.82, 2.24) is 0 Å². The van der Waals surface area contributed by atoms with Gasteiger partial charge in [0.05, 0.1) is 13.0 Å². The lowest BCUT2D eigenvalue weighted by Gasteiger charge is -2.06. The van der Waals surface area contributed by atoms with Crippen LogP contribution in [0.3, 0.4) is 0 Å². The number of thiol groups is 1. The second-order valence-electron chi connectivity index (χ2n) is 5.46. The fourth-order valence-corrected chi connectivity index (χ4v) is 2.22. The van der Waals surface area contributed by atoms with E-state index in [0.717, 1.165) is 6.42 Å². The van der Waals surface area contributed by atoms with Crippen LogP contribution >= 0.6 is 12.6 Å². The van der Waals surface area contributed by atoms with E-state index in [1.807, 2.05) is 6.92 Å². The molecule has 2 nitrogen and oxygen atoms in total. The lowest BCUT2D eigenvalue weighted by molar-refractivity contribution is -0.143. The van der Waals surface area contributed by atoms with E-state index in [2.05, 4.69) is 19.6 Å². The average Bonchev–Trinajstić information content (AvgIpc) is 2.35. The quantitative estimate of drug-likeness (QED) is 0.288. The van der Waals surface area contributed by atoms with Gasteiger partial charge in [0.2, 0.25) is 0 Å². The van der Waals surface area contributed by atoms with Gasteiger partial charge in [-0.25, -0.2) is 0 Å². The van der Waals surface area contributed by atoms with Crippen LogP contribution < -0.4 is 0 Å². The number of esters is 1. The van der Waals surface area contributed by atoms with Crippen LogP contribution in [0.5, 0.6) is 0 Å². The van der Waals surface area contributed by atoms with Gasteiger partial charge in [-0.1, -0.05) is 71.6 Å². The van der Waals surface area contributed by atoms with E-state index in [-0.39, 0.29) is 11.2 Å². The highest BCUT2D eigenvalue weighted by Crippen LogP contribution is 2.10. The van der Waals surface area contributed by atoms with Crippen molar-refractivity contribution in [1.29, 1.82) is 0 Å². The molecule has 0 aromatic rings. The van der Waals surface area contributed by atoms with Gasteiger partial charge in [0, 0.05) is 5.25 Å². The van der Waals surface area contributed by atoms with Crippen molar-refractivity contribution >= 4 is 18.6 Å². The molecule has 19 heavy (non-hydrogen) atoms. The van der Waals surface area contributed by atoms with Crippen LogP contribution in [-0.4, -0.2) is 17.8 Å². The van der Waals surface area contributed by atoms with Crippen molar-refractivity contribution in [2.75, 3.05) is 6.61 Å². The minimum absolute atomic E-state index is 0.0974. The summed E-state index contributed by atoms with van der Waals surface area (Å²) in [5, 5.41) is 0.0974. The number of hydrogen-bond acceptors (Lipinski definition) is 3. The van der Waals surface area contributed by atoms with E-state index in [1.54, 1.807) is 0 Å². The van der Waals surface area contributed by atoms with E-state index in [0.29, 0.717) is 13.0 Å². The van der Waals surface area contributed by atoms with Gasteiger partial charge in [0.15, 0.2) is 0 Å². The van der Waals surface area contributed by atoms with Crippen LogP contribution in [0.4, 0.5) is 0 Å². The number of unbranched alkanes of at least 4 members (excludes halogenated alkanes) is 9. The van der Waals surface area contributed by atoms with Crippen LogP contribution in [0.15, 0.2) is 0 Å². The molecule has 0 radical (unpaired) electrons. The average molecular weight is 288 g/mol. The molecule has 0 aromatic carbocycles. The van der Waals surface area contributed by atoms with Crippen LogP contribution in [0.1, 0.15) is 84.5 Å². The Morgan fingerprint density at radius 3 is 1.89 bits per heavy atom. The zero-order chi connectivity index (χ0) is 14.3. The summed E-state index contributed by atoms with van der Waals surface area (Å²) in [5.74, 6) is -0.113. The van der Waals surface area contributed by atoms with Crippen molar-refractivity contribution in [2.24, 2.45) is 0 Å². The summed E-state index contributed by atoms with van der Waals surface area (Å²) < 4.78 is 5.14. The van der Waals surface area contributed by atoms with Crippen molar-refractivity contribution in [2.45, 2.75) is 89.7 Å². The molecule has 3 heteroatoms. The first kappa shape index (κ1) is 18.8. The van der Waals surface area contributed by atoms with Gasteiger partial charge < -0.3 is 4.74 Å². The van der Waals surface area contributed by atoms with E-state index < -0.39 is 0 Å². The second kappa shape index (κ2) is 14.2. The number of carbonyl (C=O) groups excluding carboxylic acids is 1. The largest absolute Gasteiger partial charge is 0.466 e. The molecule has 0 bridgehead atoms. The molecule has 0 aromatic heterocycles. The highest BCUT2D eigenvalue weighted by atomic mass is 32.1. The van der Waals surface area contributed by atoms with Crippen molar-refractivity contribution in [3.8, 4) is 0 Å². The van der Waals surface area contributed by atoms with Crippen LogP contribution in [0.25, 0.3) is 0 Å². The van der Waals surface area contributed by atoms with Gasteiger partial charge in [-0.2, -0.15) is 12.6 Å². The summed E-state index contributed by atoms with van der Waals surface area (Å²) in [6, 6.07) is 0. The molecule has 0 aliphatic carbocycles. The van der Waals surface area contributed by atoms with E-state index in [4.69, 9.17) is 4.74 Å². The normalized spacial score (nSPS) is 12.4. The Kier molecular flexibility index (Phi) is 14.1. The van der Waals surface area contributed by atoms with Crippen molar-refractivity contribution in [3.05, 3.63) is 0 Å². The summed E-state index contributed by atoms with van der Waals surface area (Å²) in [7, 11) is 0. The Morgan fingerprint density at radius 1 is 0.947 bits per heavy atom. The maximum absolute atomic E-state index is 11.2. The number of hydrogen-bond donors (Lipinski definition) is 1. The van der Waals surface area contributed by atoms with Crippen LogP contribution in [0, 0.1) is 0 Å². The number of rotatable bonds is 13. The predicted molar refractivity (Wildman–Crippen MR) is 85.9 cm³/mol. The molecule has 0 amide bonds. The lowest BCUT2D eigenvalue weighted by atomic mass is 10.1. The van der Waals surface area contributed by atoms with Gasteiger partial charge in [-0.15, -0.1) is 0 Å². The van der Waals surface area contributed by atoms with Crippen molar-refractivity contribution in [3.63, 3.8) is 0 Å². The summed E-state index contributed by atoms with van der Waals surface area (Å²) in [5.41, 5.74) is 0. The summed E-state index contributed by atoms with van der Waals surface area (Å²) in [4.78, 5) is 11.2. The summed E-state index contributed by atoms with van der Waals surface area (Å²) in [6.07, 6.45) is 13.4. The first-order chi connectivity index (χ1) is 9.16. The van der Waals surface area contributed by atoms with Gasteiger partial charge in [-0.3, -0.25) is 4.79 Å². The third-order valence-electron chi connectivity index (χ3n) is 3.22. The summed E-state index contributed by atoms with van der Waals surface area (Å²) >= 11 is 4.17. The highest BCUT2D eigenvalue weighted by Gasteiger charge is 2.05. The molecular weight excluding hydrogens is 256 g/mol. The maximum atomic E-state index is 11.2. The molecule has 0 saturated heterocycles. The molecule has 0 N–H and O–H groups in total. The molecule has 0 aliphatic heterocycles. The molecule has 0 saturated carbocycles. The fourth-order valence-electron chi connectivity index (χ4n) is 2.08. The predicted octanol–water partition coefficient (Wildman–Crippen LogP) is 5.16. The molecule has 114 valence electrons. The minimum Gasteiger partial charge on any atom is -0.466 e. The molecule has 0 rings (SSSR count). The Labute approximate surface area is 125 Å². The lowest BCUT2D eigenvalue weighted by Crippen LogP contribution is -2.10. The topological polar surface area (TPSA) is 26.3 Å². The van der Waals surface area contributed by atoms with Gasteiger partial charge >= 0.3 is 5.97 Å². The first-order valence-electron chi connectivity index (χ1n) is 8.00. The molecule has 1 unspecified atom stereocenters. The molecule has 1 atom stereocenters. The van der Waals surface area contributed by atoms with E-state index in [9.17, 15) is 4.79 Å². The number of carbonyl (C=O) groups is 1. The third-order valence-corrected chi connectivity index (χ3v) is 3.41. The Bertz CT molecular complexity index is 205. The minimum atomic E-state index is -0.113. The molecule has 0 fully saturated rings. The third kappa shape index (κ3) is 15.8. The van der Waals surface area contributed by atoms with Crippen LogP contribution in [-0.2, 0) is 9.53 Å². The zero-order valence-electron chi connectivity index (χ0n) is 12.8. The smallest absolute Gasteiger partial charge is 0.306 e. The summed E-state index contributed by atoms with van der Waals surface area (Å²) in [6.45, 7) is 4.74. The zero-order valence-corrected chi connectivity index (χ0v) is 13.7. The maximum Gasteiger partial charge on any atom is 0.306 e.